The lowest BCUT2D eigenvalue weighted by Crippen LogP contribution is -2.15. The van der Waals surface area contributed by atoms with E-state index in [0.29, 0.717) is 11.3 Å². The Bertz CT molecular complexity index is 907. The fourth-order valence-corrected chi connectivity index (χ4v) is 2.20. The zero-order chi connectivity index (χ0) is 16.4. The van der Waals surface area contributed by atoms with Crippen molar-refractivity contribution < 1.29 is 9.21 Å². The van der Waals surface area contributed by atoms with E-state index in [-0.39, 0.29) is 11.8 Å². The molecule has 2 aromatic carbocycles. The lowest BCUT2D eigenvalue weighted by atomic mass is 10.1. The van der Waals surface area contributed by atoms with E-state index in [1.54, 1.807) is 31.2 Å². The fraction of sp³-hybridized carbons (Fsp3) is 0.118. The Balaban J connectivity index is 1.82. The number of nitrogens with zero attached hydrogens (tertiary/aromatic N) is 2. The number of anilines is 1. The second-order valence-corrected chi connectivity index (χ2v) is 5.11. The molecule has 23 heavy (non-hydrogen) atoms. The molecule has 1 amide bonds. The van der Waals surface area contributed by atoms with Crippen LogP contribution in [0, 0.1) is 13.8 Å². The molecular formula is C17H15N3O3. The SMILES string of the molecule is Cc1nn(-c2ccc(C(=O)Nc3ccccc3C)cc2)c(=O)o1. The Morgan fingerprint density at radius 1 is 1.09 bits per heavy atom. The summed E-state index contributed by atoms with van der Waals surface area (Å²) in [5.74, 6) is -0.481. The molecule has 1 heterocycles. The quantitative estimate of drug-likeness (QED) is 0.807. The van der Waals surface area contributed by atoms with Gasteiger partial charge < -0.3 is 9.73 Å². The van der Waals surface area contributed by atoms with Gasteiger partial charge in [0, 0.05) is 18.2 Å². The number of benzene rings is 2. The lowest BCUT2D eigenvalue weighted by Gasteiger charge is -2.08. The minimum absolute atomic E-state index is 0.213. The van der Waals surface area contributed by atoms with Gasteiger partial charge in [-0.1, -0.05) is 18.2 Å². The number of amides is 1. The number of carbonyl (C=O) groups is 1. The molecule has 0 aliphatic rings. The molecule has 0 saturated heterocycles. The first-order valence-corrected chi connectivity index (χ1v) is 7.09. The summed E-state index contributed by atoms with van der Waals surface area (Å²) in [5, 5.41) is 6.83. The van der Waals surface area contributed by atoms with Gasteiger partial charge in [0.2, 0.25) is 5.89 Å². The van der Waals surface area contributed by atoms with Crippen molar-refractivity contribution in [3.8, 4) is 5.69 Å². The van der Waals surface area contributed by atoms with Gasteiger partial charge in [0.25, 0.3) is 5.91 Å². The van der Waals surface area contributed by atoms with Gasteiger partial charge in [-0.25, -0.2) is 4.79 Å². The Hall–Kier alpha value is -3.15. The summed E-state index contributed by atoms with van der Waals surface area (Å²) in [4.78, 5) is 23.9. The molecule has 116 valence electrons. The number of hydrogen-bond donors (Lipinski definition) is 1. The molecule has 0 saturated carbocycles. The van der Waals surface area contributed by atoms with Gasteiger partial charge in [0.1, 0.15) is 0 Å². The van der Waals surface area contributed by atoms with E-state index in [1.165, 1.54) is 0 Å². The molecule has 0 fully saturated rings. The van der Waals surface area contributed by atoms with Crippen molar-refractivity contribution in [2.75, 3.05) is 5.32 Å². The number of para-hydroxylation sites is 1. The Kier molecular flexibility index (Phi) is 3.80. The molecule has 0 atom stereocenters. The molecule has 0 radical (unpaired) electrons. The summed E-state index contributed by atoms with van der Waals surface area (Å²) in [5.41, 5.74) is 2.79. The van der Waals surface area contributed by atoms with Gasteiger partial charge in [-0.05, 0) is 42.8 Å². The molecule has 0 bridgehead atoms. The van der Waals surface area contributed by atoms with E-state index in [9.17, 15) is 9.59 Å². The summed E-state index contributed by atoms with van der Waals surface area (Å²) >= 11 is 0. The first-order chi connectivity index (χ1) is 11.0. The standard InChI is InChI=1S/C17H15N3O3/c1-11-5-3-4-6-15(11)18-16(21)13-7-9-14(10-8-13)20-17(22)23-12(2)19-20/h3-10H,1-2H3,(H,18,21). The number of hydrogen-bond acceptors (Lipinski definition) is 4. The van der Waals surface area contributed by atoms with E-state index < -0.39 is 5.76 Å². The highest BCUT2D eigenvalue weighted by atomic mass is 16.4. The van der Waals surface area contributed by atoms with E-state index in [1.807, 2.05) is 31.2 Å². The molecule has 6 heteroatoms. The van der Waals surface area contributed by atoms with Crippen molar-refractivity contribution in [3.63, 3.8) is 0 Å². The zero-order valence-electron chi connectivity index (χ0n) is 12.7. The number of carbonyl (C=O) groups excluding carboxylic acids is 1. The first kappa shape index (κ1) is 14.8. The highest BCUT2D eigenvalue weighted by Crippen LogP contribution is 2.15. The molecule has 6 nitrogen and oxygen atoms in total. The molecule has 1 aromatic heterocycles. The van der Waals surface area contributed by atoms with Crippen LogP contribution in [-0.2, 0) is 0 Å². The largest absolute Gasteiger partial charge is 0.441 e. The maximum atomic E-state index is 12.3. The van der Waals surface area contributed by atoms with Gasteiger partial charge in [0.15, 0.2) is 0 Å². The maximum Gasteiger partial charge on any atom is 0.441 e. The molecule has 3 rings (SSSR count). The third kappa shape index (κ3) is 3.06. The average Bonchev–Trinajstić information content (AvgIpc) is 2.88. The van der Waals surface area contributed by atoms with Gasteiger partial charge in [-0.3, -0.25) is 4.79 Å². The second kappa shape index (κ2) is 5.92. The summed E-state index contributed by atoms with van der Waals surface area (Å²) in [6, 6.07) is 14.1. The van der Waals surface area contributed by atoms with E-state index >= 15 is 0 Å². The van der Waals surface area contributed by atoms with Crippen molar-refractivity contribution in [2.24, 2.45) is 0 Å². The van der Waals surface area contributed by atoms with Crippen LogP contribution in [0.15, 0.2) is 57.7 Å². The van der Waals surface area contributed by atoms with Crippen LogP contribution in [0.3, 0.4) is 0 Å². The predicted molar refractivity (Wildman–Crippen MR) is 86.0 cm³/mol. The molecule has 0 aliphatic carbocycles. The third-order valence-electron chi connectivity index (χ3n) is 3.42. The van der Waals surface area contributed by atoms with Gasteiger partial charge in [0.05, 0.1) is 5.69 Å². The normalized spacial score (nSPS) is 10.5. The highest BCUT2D eigenvalue weighted by molar-refractivity contribution is 6.04. The number of aryl methyl sites for hydroxylation is 2. The van der Waals surface area contributed by atoms with Crippen molar-refractivity contribution in [1.29, 1.82) is 0 Å². The number of aromatic nitrogens is 2. The highest BCUT2D eigenvalue weighted by Gasteiger charge is 2.10. The van der Waals surface area contributed by atoms with E-state index in [2.05, 4.69) is 10.4 Å². The monoisotopic (exact) mass is 309 g/mol. The second-order valence-electron chi connectivity index (χ2n) is 5.11. The van der Waals surface area contributed by atoms with Gasteiger partial charge >= 0.3 is 5.76 Å². The molecule has 1 N–H and O–H groups in total. The predicted octanol–water partition coefficient (Wildman–Crippen LogP) is 2.69. The lowest BCUT2D eigenvalue weighted by molar-refractivity contribution is 0.102. The Morgan fingerprint density at radius 3 is 2.39 bits per heavy atom. The van der Waals surface area contributed by atoms with E-state index in [0.717, 1.165) is 15.9 Å². The van der Waals surface area contributed by atoms with Crippen LogP contribution in [0.4, 0.5) is 5.69 Å². The topological polar surface area (TPSA) is 77.1 Å². The van der Waals surface area contributed by atoms with Crippen molar-refractivity contribution >= 4 is 11.6 Å². The summed E-state index contributed by atoms with van der Waals surface area (Å²) in [6.45, 7) is 3.53. The van der Waals surface area contributed by atoms with Crippen LogP contribution >= 0.6 is 0 Å². The van der Waals surface area contributed by atoms with Crippen LogP contribution in [0.2, 0.25) is 0 Å². The number of rotatable bonds is 3. The van der Waals surface area contributed by atoms with Crippen LogP contribution in [0.5, 0.6) is 0 Å². The Labute approximate surface area is 132 Å². The van der Waals surface area contributed by atoms with Crippen LogP contribution in [0.1, 0.15) is 21.8 Å². The minimum Gasteiger partial charge on any atom is -0.392 e. The molecule has 3 aromatic rings. The Morgan fingerprint density at radius 2 is 1.78 bits per heavy atom. The number of nitrogens with one attached hydrogen (secondary N) is 1. The minimum atomic E-state index is -0.556. The van der Waals surface area contributed by atoms with Crippen LogP contribution in [-0.4, -0.2) is 15.7 Å². The summed E-state index contributed by atoms with van der Waals surface area (Å²) in [7, 11) is 0. The van der Waals surface area contributed by atoms with Crippen molar-refractivity contribution in [2.45, 2.75) is 13.8 Å². The molecular weight excluding hydrogens is 294 g/mol. The van der Waals surface area contributed by atoms with Crippen molar-refractivity contribution in [3.05, 3.63) is 76.1 Å². The van der Waals surface area contributed by atoms with Crippen molar-refractivity contribution in [1.82, 2.24) is 9.78 Å². The van der Waals surface area contributed by atoms with Crippen LogP contribution in [0.25, 0.3) is 5.69 Å². The van der Waals surface area contributed by atoms with E-state index in [4.69, 9.17) is 4.42 Å². The summed E-state index contributed by atoms with van der Waals surface area (Å²) < 4.78 is 6.01. The van der Waals surface area contributed by atoms with Gasteiger partial charge in [-0.2, -0.15) is 4.68 Å². The fourth-order valence-electron chi connectivity index (χ4n) is 2.20. The third-order valence-corrected chi connectivity index (χ3v) is 3.42. The first-order valence-electron chi connectivity index (χ1n) is 7.09. The average molecular weight is 309 g/mol. The smallest absolute Gasteiger partial charge is 0.392 e. The van der Waals surface area contributed by atoms with Gasteiger partial charge in [-0.15, -0.1) is 5.10 Å². The molecule has 0 aliphatic heterocycles. The molecule has 0 spiro atoms. The summed E-state index contributed by atoms with van der Waals surface area (Å²) in [6.07, 6.45) is 0. The maximum absolute atomic E-state index is 12.3. The molecule has 0 unspecified atom stereocenters. The van der Waals surface area contributed by atoms with Crippen LogP contribution < -0.4 is 11.1 Å². The zero-order valence-corrected chi connectivity index (χ0v) is 12.7.